The molecular weight excluding hydrogens is 208 g/mol. The summed E-state index contributed by atoms with van der Waals surface area (Å²) in [5.41, 5.74) is 2.02. The molecule has 0 fully saturated rings. The topological polar surface area (TPSA) is 44.3 Å². The highest BCUT2D eigenvalue weighted by atomic mass is 32.1. The molecule has 1 rings (SSSR count). The van der Waals surface area contributed by atoms with Crippen molar-refractivity contribution < 1.29 is 5.11 Å². The smallest absolute Gasteiger partial charge is 0.166 e. The van der Waals surface area contributed by atoms with Crippen molar-refractivity contribution in [1.29, 1.82) is 0 Å². The van der Waals surface area contributed by atoms with Gasteiger partial charge in [0.25, 0.3) is 0 Å². The summed E-state index contributed by atoms with van der Waals surface area (Å²) in [5.74, 6) is 0. The zero-order valence-corrected chi connectivity index (χ0v) is 9.77. The van der Waals surface area contributed by atoms with Gasteiger partial charge < -0.3 is 15.7 Å². The lowest BCUT2D eigenvalue weighted by Gasteiger charge is -2.15. The summed E-state index contributed by atoms with van der Waals surface area (Å²) in [5, 5.41) is 16.2. The number of nitrogens with one attached hydrogen (secondary N) is 2. The maximum atomic E-state index is 9.90. The van der Waals surface area contributed by atoms with Crippen LogP contribution in [0.15, 0.2) is 24.3 Å². The molecule has 1 atom stereocenters. The highest BCUT2D eigenvalue weighted by Crippen LogP contribution is 2.15. The lowest BCUT2D eigenvalue weighted by atomic mass is 10.0. The van der Waals surface area contributed by atoms with Crippen molar-refractivity contribution in [2.45, 2.75) is 13.0 Å². The first-order valence-electron chi connectivity index (χ1n) is 4.84. The Bertz CT molecular complexity index is 341. The van der Waals surface area contributed by atoms with E-state index < -0.39 is 6.10 Å². The largest absolute Gasteiger partial charge is 0.387 e. The van der Waals surface area contributed by atoms with E-state index in [-0.39, 0.29) is 0 Å². The Morgan fingerprint density at radius 2 is 2.13 bits per heavy atom. The fourth-order valence-corrected chi connectivity index (χ4v) is 1.43. The van der Waals surface area contributed by atoms with Crippen molar-refractivity contribution in [3.05, 3.63) is 35.4 Å². The third kappa shape index (κ3) is 3.49. The van der Waals surface area contributed by atoms with Gasteiger partial charge in [-0.25, -0.2) is 0 Å². The van der Waals surface area contributed by atoms with E-state index in [2.05, 4.69) is 10.6 Å². The summed E-state index contributed by atoms with van der Waals surface area (Å²) in [6.45, 7) is 2.40. The molecule has 1 aromatic rings. The van der Waals surface area contributed by atoms with E-state index in [1.165, 1.54) is 0 Å². The molecule has 0 heterocycles. The van der Waals surface area contributed by atoms with Crippen LogP contribution in [0.2, 0.25) is 0 Å². The van der Waals surface area contributed by atoms with Crippen LogP contribution in [0.5, 0.6) is 0 Å². The Hall–Kier alpha value is -1.13. The van der Waals surface area contributed by atoms with Crippen molar-refractivity contribution in [3.8, 4) is 0 Å². The van der Waals surface area contributed by atoms with Crippen LogP contribution in [0.3, 0.4) is 0 Å². The van der Waals surface area contributed by atoms with E-state index in [1.807, 2.05) is 31.2 Å². The van der Waals surface area contributed by atoms with E-state index in [0.29, 0.717) is 11.7 Å². The van der Waals surface area contributed by atoms with E-state index in [4.69, 9.17) is 12.2 Å². The maximum Gasteiger partial charge on any atom is 0.166 e. The number of aryl methyl sites for hydroxylation is 1. The Morgan fingerprint density at radius 3 is 2.73 bits per heavy atom. The minimum Gasteiger partial charge on any atom is -0.387 e. The number of aliphatic hydroxyl groups is 1. The quantitative estimate of drug-likeness (QED) is 0.673. The summed E-state index contributed by atoms with van der Waals surface area (Å²) < 4.78 is 0. The number of benzene rings is 1. The molecule has 0 aliphatic carbocycles. The minimum atomic E-state index is -0.530. The second kappa shape index (κ2) is 5.68. The first kappa shape index (κ1) is 11.9. The second-order valence-corrected chi connectivity index (χ2v) is 3.74. The minimum absolute atomic E-state index is 0.421. The summed E-state index contributed by atoms with van der Waals surface area (Å²) >= 11 is 4.92. The number of aliphatic hydroxyl groups excluding tert-OH is 1. The molecule has 3 N–H and O–H groups in total. The van der Waals surface area contributed by atoms with Gasteiger partial charge in [-0.05, 0) is 30.3 Å². The fraction of sp³-hybridized carbons (Fsp3) is 0.364. The van der Waals surface area contributed by atoms with Crippen LogP contribution < -0.4 is 10.6 Å². The molecule has 3 nitrogen and oxygen atoms in total. The first-order valence-corrected chi connectivity index (χ1v) is 5.25. The first-order chi connectivity index (χ1) is 7.15. The van der Waals surface area contributed by atoms with E-state index in [0.717, 1.165) is 11.1 Å². The molecule has 0 radical (unpaired) electrons. The van der Waals surface area contributed by atoms with Gasteiger partial charge in [0.05, 0.1) is 6.10 Å². The molecule has 0 saturated carbocycles. The second-order valence-electron chi connectivity index (χ2n) is 3.33. The summed E-state index contributed by atoms with van der Waals surface area (Å²) in [6.07, 6.45) is -0.530. The Morgan fingerprint density at radius 1 is 1.47 bits per heavy atom. The van der Waals surface area contributed by atoms with Gasteiger partial charge in [-0.1, -0.05) is 24.3 Å². The lowest BCUT2D eigenvalue weighted by molar-refractivity contribution is 0.180. The van der Waals surface area contributed by atoms with Gasteiger partial charge in [0.1, 0.15) is 0 Å². The van der Waals surface area contributed by atoms with Crippen molar-refractivity contribution in [2.24, 2.45) is 0 Å². The number of rotatable bonds is 3. The van der Waals surface area contributed by atoms with Gasteiger partial charge in [-0.3, -0.25) is 0 Å². The van der Waals surface area contributed by atoms with Gasteiger partial charge in [-0.15, -0.1) is 0 Å². The molecule has 1 unspecified atom stereocenters. The Labute approximate surface area is 95.5 Å². The molecular formula is C11H16N2OS. The molecule has 0 aromatic heterocycles. The molecule has 4 heteroatoms. The Balaban J connectivity index is 2.57. The summed E-state index contributed by atoms with van der Waals surface area (Å²) in [4.78, 5) is 0. The van der Waals surface area contributed by atoms with Gasteiger partial charge in [-0.2, -0.15) is 0 Å². The van der Waals surface area contributed by atoms with Gasteiger partial charge in [0.2, 0.25) is 0 Å². The highest BCUT2D eigenvalue weighted by Gasteiger charge is 2.09. The molecule has 1 aromatic carbocycles. The predicted molar refractivity (Wildman–Crippen MR) is 65.8 cm³/mol. The van der Waals surface area contributed by atoms with Gasteiger partial charge in [0, 0.05) is 13.6 Å². The van der Waals surface area contributed by atoms with Crippen molar-refractivity contribution in [1.82, 2.24) is 10.6 Å². The van der Waals surface area contributed by atoms with Crippen LogP contribution in [0, 0.1) is 6.92 Å². The molecule has 15 heavy (non-hydrogen) atoms. The van der Waals surface area contributed by atoms with Crippen molar-refractivity contribution >= 4 is 17.3 Å². The van der Waals surface area contributed by atoms with Gasteiger partial charge in [0.15, 0.2) is 5.11 Å². The van der Waals surface area contributed by atoms with Crippen LogP contribution in [-0.2, 0) is 0 Å². The normalized spacial score (nSPS) is 11.9. The van der Waals surface area contributed by atoms with Crippen LogP contribution in [0.25, 0.3) is 0 Å². The van der Waals surface area contributed by atoms with Gasteiger partial charge >= 0.3 is 0 Å². The molecule has 0 spiro atoms. The van der Waals surface area contributed by atoms with Crippen LogP contribution in [0.4, 0.5) is 0 Å². The molecule has 0 bridgehead atoms. The van der Waals surface area contributed by atoms with E-state index >= 15 is 0 Å². The monoisotopic (exact) mass is 224 g/mol. The van der Waals surface area contributed by atoms with Crippen molar-refractivity contribution in [3.63, 3.8) is 0 Å². The molecule has 0 aliphatic rings. The van der Waals surface area contributed by atoms with E-state index in [9.17, 15) is 5.11 Å². The van der Waals surface area contributed by atoms with E-state index in [1.54, 1.807) is 7.05 Å². The standard InChI is InChI=1S/C11H16N2OS/c1-8-5-3-4-6-9(8)10(14)7-13-11(15)12-2/h3-6,10,14H,7H2,1-2H3,(H2,12,13,15). The molecule has 0 saturated heterocycles. The zero-order valence-electron chi connectivity index (χ0n) is 8.95. The van der Waals surface area contributed by atoms with Crippen LogP contribution >= 0.6 is 12.2 Å². The third-order valence-corrected chi connectivity index (χ3v) is 2.58. The summed E-state index contributed by atoms with van der Waals surface area (Å²) in [7, 11) is 1.75. The molecule has 82 valence electrons. The number of hydrogen-bond acceptors (Lipinski definition) is 2. The zero-order chi connectivity index (χ0) is 11.3. The SMILES string of the molecule is CNC(=S)NCC(O)c1ccccc1C. The summed E-state index contributed by atoms with van der Waals surface area (Å²) in [6, 6.07) is 7.78. The molecule has 0 amide bonds. The average molecular weight is 224 g/mol. The van der Waals surface area contributed by atoms with Crippen molar-refractivity contribution in [2.75, 3.05) is 13.6 Å². The average Bonchev–Trinajstić information content (AvgIpc) is 2.26. The van der Waals surface area contributed by atoms with Crippen LogP contribution in [-0.4, -0.2) is 23.8 Å². The van der Waals surface area contributed by atoms with Crippen LogP contribution in [0.1, 0.15) is 17.2 Å². The number of hydrogen-bond donors (Lipinski definition) is 3. The predicted octanol–water partition coefficient (Wildman–Crippen LogP) is 1.12. The third-order valence-electron chi connectivity index (χ3n) is 2.23. The Kier molecular flexibility index (Phi) is 4.52. The lowest BCUT2D eigenvalue weighted by Crippen LogP contribution is -2.35. The fourth-order valence-electron chi connectivity index (χ4n) is 1.35. The molecule has 0 aliphatic heterocycles. The highest BCUT2D eigenvalue weighted by molar-refractivity contribution is 7.80. The maximum absolute atomic E-state index is 9.90. The number of thiocarbonyl (C=S) groups is 1.